The maximum absolute atomic E-state index is 12.0. The predicted octanol–water partition coefficient (Wildman–Crippen LogP) is 6.55. The number of anilines is 1. The Morgan fingerprint density at radius 1 is 1.18 bits per heavy atom. The normalized spacial score (nSPS) is 14.4. The number of ether oxygens (including phenoxy) is 2. The molecule has 0 radical (unpaired) electrons. The van der Waals surface area contributed by atoms with Gasteiger partial charge in [-0.05, 0) is 69.0 Å². The summed E-state index contributed by atoms with van der Waals surface area (Å²) in [5, 5.41) is 3.09. The van der Waals surface area contributed by atoms with Crippen LogP contribution in [-0.4, -0.2) is 30.6 Å². The Kier molecular flexibility index (Phi) is 7.71. The number of aromatic nitrogens is 1. The molecule has 1 aromatic heterocycles. The second kappa shape index (κ2) is 10.7. The first-order valence-corrected chi connectivity index (χ1v) is 13.0. The summed E-state index contributed by atoms with van der Waals surface area (Å²) in [4.78, 5) is 19.2. The van der Waals surface area contributed by atoms with E-state index in [0.717, 1.165) is 58.1 Å². The zero-order valence-electron chi connectivity index (χ0n) is 19.3. The van der Waals surface area contributed by atoms with Crippen molar-refractivity contribution in [3.63, 3.8) is 0 Å². The minimum Gasteiger partial charge on any atom is -0.488 e. The topological polar surface area (TPSA) is 51.7 Å². The van der Waals surface area contributed by atoms with Gasteiger partial charge in [0, 0.05) is 28.5 Å². The van der Waals surface area contributed by atoms with E-state index in [9.17, 15) is 4.79 Å². The lowest BCUT2D eigenvalue weighted by Crippen LogP contribution is -2.36. The third-order valence-corrected chi connectivity index (χ3v) is 7.37. The van der Waals surface area contributed by atoms with E-state index in [4.69, 9.17) is 14.5 Å². The molecule has 3 aromatic rings. The minimum atomic E-state index is -0.0699. The highest BCUT2D eigenvalue weighted by molar-refractivity contribution is 9.10. The monoisotopic (exact) mass is 528 g/mol. The largest absolute Gasteiger partial charge is 0.488 e. The number of hydrogen-bond acceptors (Lipinski definition) is 6. The molecule has 0 atom stereocenters. The molecule has 2 heterocycles. The third-order valence-electron chi connectivity index (χ3n) is 5.98. The molecular formula is C26H29BrN2O3S. The summed E-state index contributed by atoms with van der Waals surface area (Å²) in [6, 6.07) is 12.5. The summed E-state index contributed by atoms with van der Waals surface area (Å²) in [7, 11) is 0. The first kappa shape index (κ1) is 23.8. The van der Waals surface area contributed by atoms with E-state index in [0.29, 0.717) is 13.2 Å². The average molecular weight is 530 g/mol. The van der Waals surface area contributed by atoms with Gasteiger partial charge in [0.15, 0.2) is 5.13 Å². The van der Waals surface area contributed by atoms with Crippen LogP contribution in [-0.2, 0) is 16.1 Å². The van der Waals surface area contributed by atoms with Crippen LogP contribution >= 0.6 is 27.3 Å². The molecule has 2 aromatic carbocycles. The van der Waals surface area contributed by atoms with Gasteiger partial charge in [0.25, 0.3) is 0 Å². The van der Waals surface area contributed by atoms with Crippen molar-refractivity contribution < 1.29 is 14.3 Å². The van der Waals surface area contributed by atoms with Gasteiger partial charge in [-0.2, -0.15) is 0 Å². The van der Waals surface area contributed by atoms with E-state index in [1.807, 2.05) is 19.1 Å². The van der Waals surface area contributed by atoms with Crippen LogP contribution in [0.1, 0.15) is 36.5 Å². The summed E-state index contributed by atoms with van der Waals surface area (Å²) in [6.45, 7) is 8.61. The summed E-state index contributed by atoms with van der Waals surface area (Å²) < 4.78 is 12.5. The van der Waals surface area contributed by atoms with Gasteiger partial charge < -0.3 is 14.4 Å². The van der Waals surface area contributed by atoms with Gasteiger partial charge in [0.2, 0.25) is 0 Å². The van der Waals surface area contributed by atoms with Crippen LogP contribution in [0.2, 0.25) is 0 Å². The van der Waals surface area contributed by atoms with E-state index in [1.54, 1.807) is 11.3 Å². The van der Waals surface area contributed by atoms with Crippen molar-refractivity contribution in [3.8, 4) is 17.0 Å². The fourth-order valence-electron chi connectivity index (χ4n) is 4.05. The van der Waals surface area contributed by atoms with Crippen molar-refractivity contribution in [1.82, 2.24) is 4.98 Å². The molecule has 4 rings (SSSR count). The maximum Gasteiger partial charge on any atom is 0.309 e. The number of hydrogen-bond donors (Lipinski definition) is 0. The molecule has 1 saturated heterocycles. The number of piperidine rings is 1. The average Bonchev–Trinajstić information content (AvgIpc) is 3.29. The molecule has 174 valence electrons. The molecule has 1 fully saturated rings. The van der Waals surface area contributed by atoms with Crippen molar-refractivity contribution in [3.05, 3.63) is 62.9 Å². The smallest absolute Gasteiger partial charge is 0.309 e. The quantitative estimate of drug-likeness (QED) is 0.325. The number of rotatable bonds is 7. The van der Waals surface area contributed by atoms with Gasteiger partial charge in [-0.3, -0.25) is 4.79 Å². The number of carbonyl (C=O) groups excluding carboxylic acids is 1. The van der Waals surface area contributed by atoms with Crippen LogP contribution in [0.25, 0.3) is 11.3 Å². The molecule has 1 aliphatic rings. The third kappa shape index (κ3) is 5.76. The first-order valence-electron chi connectivity index (χ1n) is 11.3. The van der Waals surface area contributed by atoms with Gasteiger partial charge in [-0.1, -0.05) is 33.6 Å². The Bertz CT molecular complexity index is 1120. The molecular weight excluding hydrogens is 500 g/mol. The second-order valence-corrected chi connectivity index (χ2v) is 10.1. The summed E-state index contributed by atoms with van der Waals surface area (Å²) in [6.07, 6.45) is 1.61. The van der Waals surface area contributed by atoms with E-state index in [2.05, 4.69) is 64.3 Å². The first-order chi connectivity index (χ1) is 15.9. The fraction of sp³-hybridized carbons (Fsp3) is 0.385. The van der Waals surface area contributed by atoms with Gasteiger partial charge in [-0.25, -0.2) is 4.98 Å². The molecule has 0 amide bonds. The molecule has 0 N–H and O–H groups in total. The Hall–Kier alpha value is -2.38. The molecule has 0 unspecified atom stereocenters. The lowest BCUT2D eigenvalue weighted by molar-refractivity contribution is -0.148. The molecule has 5 nitrogen and oxygen atoms in total. The number of halogens is 1. The Morgan fingerprint density at radius 2 is 1.97 bits per heavy atom. The molecule has 7 heteroatoms. The SMILES string of the molecule is CCOC(=O)C1CCN(c2nc(-c3cc(C)ccc3OCc3ccc(Br)cc3C)cs2)CC1. The summed E-state index contributed by atoms with van der Waals surface area (Å²) in [5.74, 6) is 0.764. The van der Waals surface area contributed by atoms with Crippen LogP contribution in [0.5, 0.6) is 5.75 Å². The van der Waals surface area contributed by atoms with Crippen LogP contribution in [0.15, 0.2) is 46.3 Å². The van der Waals surface area contributed by atoms with Gasteiger partial charge in [0.1, 0.15) is 12.4 Å². The van der Waals surface area contributed by atoms with E-state index in [-0.39, 0.29) is 11.9 Å². The Morgan fingerprint density at radius 3 is 2.70 bits per heavy atom. The van der Waals surface area contributed by atoms with Crippen molar-refractivity contribution in [1.29, 1.82) is 0 Å². The second-order valence-electron chi connectivity index (χ2n) is 8.39. The van der Waals surface area contributed by atoms with Crippen molar-refractivity contribution in [2.24, 2.45) is 5.92 Å². The van der Waals surface area contributed by atoms with Gasteiger partial charge in [0.05, 0.1) is 18.2 Å². The van der Waals surface area contributed by atoms with Gasteiger partial charge in [-0.15, -0.1) is 11.3 Å². The molecule has 1 aliphatic heterocycles. The molecule has 0 spiro atoms. The van der Waals surface area contributed by atoms with Gasteiger partial charge >= 0.3 is 5.97 Å². The number of nitrogens with zero attached hydrogens (tertiary/aromatic N) is 2. The summed E-state index contributed by atoms with van der Waals surface area (Å²) in [5.41, 5.74) is 5.46. The van der Waals surface area contributed by atoms with Crippen molar-refractivity contribution in [2.45, 2.75) is 40.2 Å². The van der Waals surface area contributed by atoms with Crippen molar-refractivity contribution in [2.75, 3.05) is 24.6 Å². The highest BCUT2D eigenvalue weighted by atomic mass is 79.9. The van der Waals surface area contributed by atoms with Crippen LogP contribution in [0, 0.1) is 19.8 Å². The molecule has 0 aliphatic carbocycles. The zero-order valence-corrected chi connectivity index (χ0v) is 21.7. The standard InChI is InChI=1S/C26H29BrN2O3S/c1-4-31-25(30)19-9-11-29(12-10-19)26-28-23(16-33-26)22-13-17(2)5-8-24(22)32-15-20-6-7-21(27)14-18(20)3/h5-8,13-14,16,19H,4,9-12,15H2,1-3H3. The molecule has 0 saturated carbocycles. The van der Waals surface area contributed by atoms with E-state index in [1.165, 1.54) is 11.1 Å². The van der Waals surface area contributed by atoms with Crippen LogP contribution in [0.3, 0.4) is 0 Å². The Balaban J connectivity index is 1.47. The molecule has 0 bridgehead atoms. The minimum absolute atomic E-state index is 0.000486. The Labute approximate surface area is 207 Å². The lowest BCUT2D eigenvalue weighted by Gasteiger charge is -2.30. The number of esters is 1. The number of benzene rings is 2. The number of carbonyl (C=O) groups is 1. The molecule has 33 heavy (non-hydrogen) atoms. The van der Waals surface area contributed by atoms with E-state index < -0.39 is 0 Å². The zero-order chi connectivity index (χ0) is 23.4. The highest BCUT2D eigenvalue weighted by Gasteiger charge is 2.27. The lowest BCUT2D eigenvalue weighted by atomic mass is 9.97. The maximum atomic E-state index is 12.0. The van der Waals surface area contributed by atoms with E-state index >= 15 is 0 Å². The highest BCUT2D eigenvalue weighted by Crippen LogP contribution is 2.36. The van der Waals surface area contributed by atoms with Crippen molar-refractivity contribution >= 4 is 38.4 Å². The predicted molar refractivity (Wildman–Crippen MR) is 137 cm³/mol. The van der Waals surface area contributed by atoms with Crippen LogP contribution < -0.4 is 9.64 Å². The number of aryl methyl sites for hydroxylation is 2. The fourth-order valence-corrected chi connectivity index (χ4v) is 5.40. The number of thiazole rings is 1. The van der Waals surface area contributed by atoms with Crippen LogP contribution in [0.4, 0.5) is 5.13 Å². The summed E-state index contributed by atoms with van der Waals surface area (Å²) >= 11 is 5.16.